The zero-order chi connectivity index (χ0) is 22.0. The van der Waals surface area contributed by atoms with E-state index >= 15 is 0 Å². The lowest BCUT2D eigenvalue weighted by Gasteiger charge is -2.15. The zero-order valence-electron chi connectivity index (χ0n) is 15.7. The number of nitrogen functional groups attached to an aromatic ring is 1. The summed E-state index contributed by atoms with van der Waals surface area (Å²) in [5.74, 6) is 0.448. The molecule has 4 N–H and O–H groups in total. The first-order valence-corrected chi connectivity index (χ1v) is 8.84. The van der Waals surface area contributed by atoms with E-state index < -0.39 is 17.8 Å². The van der Waals surface area contributed by atoms with Crippen LogP contribution in [0.4, 0.5) is 35.2 Å². The molecule has 4 rings (SSSR count). The van der Waals surface area contributed by atoms with Gasteiger partial charge in [0.2, 0.25) is 0 Å². The van der Waals surface area contributed by atoms with Gasteiger partial charge in [-0.1, -0.05) is 0 Å². The minimum absolute atomic E-state index is 0.0827. The van der Waals surface area contributed by atoms with Crippen molar-refractivity contribution in [3.8, 4) is 11.4 Å². The summed E-state index contributed by atoms with van der Waals surface area (Å²) in [5, 5.41) is 8.92. The van der Waals surface area contributed by atoms with Crippen LogP contribution in [-0.2, 0) is 6.18 Å². The van der Waals surface area contributed by atoms with Crippen LogP contribution in [0.25, 0.3) is 11.4 Å². The largest absolute Gasteiger partial charge is 0.416 e. The van der Waals surface area contributed by atoms with E-state index in [4.69, 9.17) is 5.73 Å². The molecule has 0 fully saturated rings. The second-order valence-corrected chi connectivity index (χ2v) is 6.38. The van der Waals surface area contributed by atoms with Gasteiger partial charge in [0.1, 0.15) is 24.8 Å². The molecule has 0 spiro atoms. The predicted octanol–water partition coefficient (Wildman–Crippen LogP) is 3.70. The second-order valence-electron chi connectivity index (χ2n) is 6.38. The van der Waals surface area contributed by atoms with Gasteiger partial charge in [-0.25, -0.2) is 19.4 Å². The van der Waals surface area contributed by atoms with Crippen LogP contribution < -0.4 is 16.4 Å². The minimum Gasteiger partial charge on any atom is -0.383 e. The Kier molecular flexibility index (Phi) is 5.03. The number of nitrogens with one attached hydrogen (secondary N) is 2. The quantitative estimate of drug-likeness (QED) is 0.458. The Hall–Kier alpha value is -4.35. The molecule has 2 aromatic carbocycles. The molecule has 31 heavy (non-hydrogen) atoms. The molecule has 0 saturated carbocycles. The first kappa shape index (κ1) is 19.9. The summed E-state index contributed by atoms with van der Waals surface area (Å²) >= 11 is 0. The number of rotatable bonds is 4. The summed E-state index contributed by atoms with van der Waals surface area (Å²) in [4.78, 5) is 20.2. The highest BCUT2D eigenvalue weighted by Gasteiger charge is 2.31. The van der Waals surface area contributed by atoms with Crippen molar-refractivity contribution in [3.05, 3.63) is 73.2 Å². The third-order valence-corrected chi connectivity index (χ3v) is 4.31. The predicted molar refractivity (Wildman–Crippen MR) is 107 cm³/mol. The Morgan fingerprint density at radius 2 is 1.77 bits per heavy atom. The minimum atomic E-state index is -4.57. The summed E-state index contributed by atoms with van der Waals surface area (Å²) < 4.78 is 42.3. The standard InChI is InChI=1S/C19H15F3N8O/c20-19(21,22)12-1-6-16(30-11-25-9-26-30)15(7-12)28-18(31)27-13-2-4-14(5-3-13)29-10-24-8-17(29)23/h1-11H,23H2,(H2,27,28,31). The smallest absolute Gasteiger partial charge is 0.383 e. The molecule has 2 heterocycles. The Morgan fingerprint density at radius 3 is 2.39 bits per heavy atom. The van der Waals surface area contributed by atoms with Gasteiger partial charge in [-0.15, -0.1) is 0 Å². The van der Waals surface area contributed by atoms with Gasteiger partial charge in [-0.3, -0.25) is 4.57 Å². The number of nitrogens with zero attached hydrogens (tertiary/aromatic N) is 5. The summed E-state index contributed by atoms with van der Waals surface area (Å²) in [6.45, 7) is 0. The number of urea groups is 1. The molecule has 0 aliphatic rings. The van der Waals surface area contributed by atoms with Crippen LogP contribution in [-0.4, -0.2) is 30.3 Å². The molecule has 2 aromatic heterocycles. The van der Waals surface area contributed by atoms with Gasteiger partial charge in [-0.2, -0.15) is 18.3 Å². The molecule has 158 valence electrons. The fraction of sp³-hybridized carbons (Fsp3) is 0.0526. The number of nitrogens with two attached hydrogens (primary N) is 1. The van der Waals surface area contributed by atoms with Gasteiger partial charge in [0.05, 0.1) is 23.1 Å². The van der Waals surface area contributed by atoms with Crippen molar-refractivity contribution in [2.75, 3.05) is 16.4 Å². The molecular weight excluding hydrogens is 413 g/mol. The van der Waals surface area contributed by atoms with Gasteiger partial charge in [-0.05, 0) is 42.5 Å². The number of hydrogen-bond donors (Lipinski definition) is 3. The average molecular weight is 428 g/mol. The molecule has 0 bridgehead atoms. The molecular formula is C19H15F3N8O. The highest BCUT2D eigenvalue weighted by Crippen LogP contribution is 2.33. The number of halogens is 3. The highest BCUT2D eigenvalue weighted by atomic mass is 19.4. The number of alkyl halides is 3. The number of benzene rings is 2. The number of carbonyl (C=O) groups is 1. The van der Waals surface area contributed by atoms with E-state index in [9.17, 15) is 18.0 Å². The Labute approximate surface area is 173 Å². The molecule has 0 unspecified atom stereocenters. The van der Waals surface area contributed by atoms with Crippen LogP contribution in [0, 0.1) is 0 Å². The molecule has 4 aromatic rings. The Balaban J connectivity index is 1.54. The Morgan fingerprint density at radius 1 is 1.00 bits per heavy atom. The molecule has 0 atom stereocenters. The van der Waals surface area contributed by atoms with E-state index in [2.05, 4.69) is 25.7 Å². The Bertz CT molecular complexity index is 1200. The van der Waals surface area contributed by atoms with Crippen LogP contribution in [0.1, 0.15) is 5.56 Å². The number of imidazole rings is 1. The van der Waals surface area contributed by atoms with Crippen molar-refractivity contribution in [2.45, 2.75) is 6.18 Å². The lowest BCUT2D eigenvalue weighted by molar-refractivity contribution is -0.137. The zero-order valence-corrected chi connectivity index (χ0v) is 15.7. The second kappa shape index (κ2) is 7.82. The normalized spacial score (nSPS) is 11.3. The summed E-state index contributed by atoms with van der Waals surface area (Å²) in [6, 6.07) is 8.88. The molecule has 9 nitrogen and oxygen atoms in total. The van der Waals surface area contributed by atoms with Crippen LogP contribution in [0.3, 0.4) is 0 Å². The van der Waals surface area contributed by atoms with E-state index in [1.165, 1.54) is 29.6 Å². The maximum atomic E-state index is 13.1. The SMILES string of the molecule is Nc1cncn1-c1ccc(NC(=O)Nc2cc(C(F)(F)F)ccc2-n2cncn2)cc1. The molecule has 12 heteroatoms. The lowest BCUT2D eigenvalue weighted by Crippen LogP contribution is -2.21. The van der Waals surface area contributed by atoms with Crippen molar-refractivity contribution >= 4 is 23.2 Å². The first-order valence-electron chi connectivity index (χ1n) is 8.84. The number of carbonyl (C=O) groups excluding carboxylic acids is 1. The van der Waals surface area contributed by atoms with Crippen molar-refractivity contribution < 1.29 is 18.0 Å². The summed E-state index contributed by atoms with van der Waals surface area (Å²) in [7, 11) is 0. The van der Waals surface area contributed by atoms with Gasteiger partial charge < -0.3 is 16.4 Å². The number of amides is 2. The maximum absolute atomic E-state index is 13.1. The summed E-state index contributed by atoms with van der Waals surface area (Å²) in [6.07, 6.45) is 1.02. The van der Waals surface area contributed by atoms with Gasteiger partial charge in [0.15, 0.2) is 0 Å². The van der Waals surface area contributed by atoms with Crippen molar-refractivity contribution in [1.82, 2.24) is 24.3 Å². The number of aromatic nitrogens is 5. The topological polar surface area (TPSA) is 116 Å². The van der Waals surface area contributed by atoms with E-state index in [0.717, 1.165) is 17.8 Å². The molecule has 2 amide bonds. The van der Waals surface area contributed by atoms with Gasteiger partial charge in [0, 0.05) is 11.4 Å². The monoisotopic (exact) mass is 428 g/mol. The van der Waals surface area contributed by atoms with Crippen LogP contribution in [0.15, 0.2) is 67.6 Å². The van der Waals surface area contributed by atoms with Crippen LogP contribution in [0.2, 0.25) is 0 Å². The van der Waals surface area contributed by atoms with Crippen molar-refractivity contribution in [2.24, 2.45) is 0 Å². The molecule has 0 radical (unpaired) electrons. The number of anilines is 3. The fourth-order valence-corrected chi connectivity index (χ4v) is 2.86. The fourth-order valence-electron chi connectivity index (χ4n) is 2.86. The molecule has 0 saturated heterocycles. The van der Waals surface area contributed by atoms with Crippen LogP contribution in [0.5, 0.6) is 0 Å². The van der Waals surface area contributed by atoms with Gasteiger partial charge >= 0.3 is 12.2 Å². The number of hydrogen-bond acceptors (Lipinski definition) is 5. The van der Waals surface area contributed by atoms with Gasteiger partial charge in [0.25, 0.3) is 0 Å². The highest BCUT2D eigenvalue weighted by molar-refractivity contribution is 6.01. The van der Waals surface area contributed by atoms with E-state index in [0.29, 0.717) is 11.5 Å². The summed E-state index contributed by atoms with van der Waals surface area (Å²) in [5.41, 5.74) is 6.19. The first-order chi connectivity index (χ1) is 14.8. The third-order valence-electron chi connectivity index (χ3n) is 4.31. The molecule has 0 aliphatic heterocycles. The van der Waals surface area contributed by atoms with E-state index in [1.54, 1.807) is 35.2 Å². The van der Waals surface area contributed by atoms with Crippen molar-refractivity contribution in [3.63, 3.8) is 0 Å². The van der Waals surface area contributed by atoms with Crippen LogP contribution >= 0.6 is 0 Å². The average Bonchev–Trinajstić information content (AvgIpc) is 3.40. The third kappa shape index (κ3) is 4.32. The van der Waals surface area contributed by atoms with E-state index in [1.807, 2.05) is 0 Å². The molecule has 0 aliphatic carbocycles. The maximum Gasteiger partial charge on any atom is 0.416 e. The lowest BCUT2D eigenvalue weighted by atomic mass is 10.1. The van der Waals surface area contributed by atoms with E-state index in [-0.39, 0.29) is 11.4 Å². The van der Waals surface area contributed by atoms with Crippen molar-refractivity contribution in [1.29, 1.82) is 0 Å².